The number of carbonyl (C=O) groups excluding carboxylic acids is 3. The molecule has 1 aliphatic heterocycles. The predicted octanol–water partition coefficient (Wildman–Crippen LogP) is 4.02. The molecular weight excluding hydrogens is 352 g/mol. The molecule has 1 unspecified atom stereocenters. The average molecular weight is 385 g/mol. The third kappa shape index (κ3) is 2.87. The fourth-order valence-corrected chi connectivity index (χ4v) is 4.66. The third-order valence-corrected chi connectivity index (χ3v) is 7.47. The monoisotopic (exact) mass is 384 g/mol. The second-order valence-electron chi connectivity index (χ2n) is 9.87. The first-order chi connectivity index (χ1) is 12.9. The van der Waals surface area contributed by atoms with Crippen molar-refractivity contribution in [2.45, 2.75) is 72.9 Å². The van der Waals surface area contributed by atoms with Gasteiger partial charge in [-0.15, -0.1) is 0 Å². The highest BCUT2D eigenvalue weighted by Gasteiger charge is 2.70. The molecule has 28 heavy (non-hydrogen) atoms. The van der Waals surface area contributed by atoms with Gasteiger partial charge >= 0.3 is 0 Å². The van der Waals surface area contributed by atoms with Gasteiger partial charge in [-0.2, -0.15) is 0 Å². The van der Waals surface area contributed by atoms with Gasteiger partial charge in [0.05, 0.1) is 12.1 Å². The van der Waals surface area contributed by atoms with Crippen LogP contribution in [0.3, 0.4) is 0 Å². The van der Waals surface area contributed by atoms with Crippen LogP contribution in [-0.4, -0.2) is 34.2 Å². The SMILES string of the molecule is CCC(C)(C)N(C(=O)C1C(C)(C)C1(C)C)C1CC(=O)N(c2ccccc2)C1=O. The smallest absolute Gasteiger partial charge is 0.257 e. The molecule has 1 saturated carbocycles. The summed E-state index contributed by atoms with van der Waals surface area (Å²) in [5.74, 6) is -0.718. The first-order valence-corrected chi connectivity index (χ1v) is 10.1. The van der Waals surface area contributed by atoms with Gasteiger partial charge in [0, 0.05) is 11.5 Å². The summed E-state index contributed by atoms with van der Waals surface area (Å²) in [5.41, 5.74) is -0.207. The van der Waals surface area contributed by atoms with Crippen molar-refractivity contribution in [2.24, 2.45) is 16.7 Å². The van der Waals surface area contributed by atoms with E-state index in [0.29, 0.717) is 12.1 Å². The summed E-state index contributed by atoms with van der Waals surface area (Å²) in [5, 5.41) is 0. The molecule has 1 heterocycles. The van der Waals surface area contributed by atoms with E-state index < -0.39 is 11.6 Å². The van der Waals surface area contributed by atoms with Crippen LogP contribution in [0.25, 0.3) is 0 Å². The largest absolute Gasteiger partial charge is 0.325 e. The van der Waals surface area contributed by atoms with E-state index in [-0.39, 0.29) is 40.9 Å². The molecule has 3 rings (SSSR count). The molecule has 0 spiro atoms. The van der Waals surface area contributed by atoms with Gasteiger partial charge in [0.25, 0.3) is 5.91 Å². The standard InChI is InChI=1S/C23H32N2O3/c1-8-21(2,3)25(20(28)18-22(4,5)23(18,6)7)16-14-17(26)24(19(16)27)15-12-10-9-11-13-15/h9-13,16,18H,8,14H2,1-7H3. The lowest BCUT2D eigenvalue weighted by molar-refractivity contribution is -0.147. The van der Waals surface area contributed by atoms with Crippen molar-refractivity contribution in [3.05, 3.63) is 30.3 Å². The number of carbonyl (C=O) groups is 3. The van der Waals surface area contributed by atoms with E-state index in [9.17, 15) is 14.4 Å². The van der Waals surface area contributed by atoms with E-state index >= 15 is 0 Å². The van der Waals surface area contributed by atoms with E-state index in [0.717, 1.165) is 0 Å². The molecule has 1 saturated heterocycles. The molecule has 1 aromatic rings. The summed E-state index contributed by atoms with van der Waals surface area (Å²) >= 11 is 0. The maximum absolute atomic E-state index is 13.7. The van der Waals surface area contributed by atoms with Crippen LogP contribution >= 0.6 is 0 Å². The second-order valence-corrected chi connectivity index (χ2v) is 9.87. The Morgan fingerprint density at radius 2 is 1.64 bits per heavy atom. The number of anilines is 1. The van der Waals surface area contributed by atoms with Gasteiger partial charge in [0.15, 0.2) is 0 Å². The van der Waals surface area contributed by atoms with Gasteiger partial charge in [-0.05, 0) is 43.2 Å². The topological polar surface area (TPSA) is 57.7 Å². The van der Waals surface area contributed by atoms with Crippen LogP contribution in [0.5, 0.6) is 0 Å². The molecule has 1 aliphatic carbocycles. The molecule has 2 aliphatic rings. The van der Waals surface area contributed by atoms with Crippen molar-refractivity contribution in [3.8, 4) is 0 Å². The van der Waals surface area contributed by atoms with E-state index in [1.165, 1.54) is 4.90 Å². The first kappa shape index (κ1) is 20.6. The number of hydrogen-bond donors (Lipinski definition) is 0. The Bertz CT molecular complexity index is 796. The summed E-state index contributed by atoms with van der Waals surface area (Å²) < 4.78 is 0. The fraction of sp³-hybridized carbons (Fsp3) is 0.609. The van der Waals surface area contributed by atoms with Crippen LogP contribution in [0.4, 0.5) is 5.69 Å². The Kier molecular flexibility index (Phi) is 4.72. The molecule has 0 N–H and O–H groups in total. The quantitative estimate of drug-likeness (QED) is 0.721. The number of para-hydroxylation sites is 1. The minimum atomic E-state index is -0.748. The average Bonchev–Trinajstić information content (AvgIpc) is 2.85. The van der Waals surface area contributed by atoms with E-state index in [1.807, 2.05) is 26.8 Å². The number of imide groups is 1. The zero-order valence-electron chi connectivity index (χ0n) is 18.1. The predicted molar refractivity (Wildman–Crippen MR) is 110 cm³/mol. The highest BCUT2D eigenvalue weighted by molar-refractivity contribution is 6.23. The molecule has 0 bridgehead atoms. The highest BCUT2D eigenvalue weighted by atomic mass is 16.2. The van der Waals surface area contributed by atoms with Crippen LogP contribution in [0.15, 0.2) is 30.3 Å². The third-order valence-electron chi connectivity index (χ3n) is 7.47. The Labute approximate surface area is 168 Å². The van der Waals surface area contributed by atoms with E-state index in [2.05, 4.69) is 27.7 Å². The number of benzene rings is 1. The normalized spacial score (nSPS) is 23.8. The number of hydrogen-bond acceptors (Lipinski definition) is 3. The van der Waals surface area contributed by atoms with Gasteiger partial charge in [-0.1, -0.05) is 52.8 Å². The molecule has 5 nitrogen and oxygen atoms in total. The zero-order valence-corrected chi connectivity index (χ0v) is 18.1. The van der Waals surface area contributed by atoms with Crippen molar-refractivity contribution < 1.29 is 14.4 Å². The number of rotatable bonds is 5. The maximum Gasteiger partial charge on any atom is 0.257 e. The van der Waals surface area contributed by atoms with Crippen LogP contribution in [0.1, 0.15) is 61.3 Å². The van der Waals surface area contributed by atoms with Crippen LogP contribution in [-0.2, 0) is 14.4 Å². The molecule has 0 radical (unpaired) electrons. The van der Waals surface area contributed by atoms with Crippen LogP contribution in [0.2, 0.25) is 0 Å². The van der Waals surface area contributed by atoms with Crippen molar-refractivity contribution in [3.63, 3.8) is 0 Å². The Balaban J connectivity index is 1.98. The molecule has 152 valence electrons. The van der Waals surface area contributed by atoms with Crippen molar-refractivity contribution in [1.82, 2.24) is 4.90 Å². The van der Waals surface area contributed by atoms with Gasteiger partial charge in [0.1, 0.15) is 6.04 Å². The van der Waals surface area contributed by atoms with E-state index in [1.54, 1.807) is 29.2 Å². The number of nitrogens with zero attached hydrogens (tertiary/aromatic N) is 2. The van der Waals surface area contributed by atoms with Crippen LogP contribution in [0, 0.1) is 16.7 Å². The van der Waals surface area contributed by atoms with E-state index in [4.69, 9.17) is 0 Å². The molecule has 2 fully saturated rings. The molecule has 3 amide bonds. The van der Waals surface area contributed by atoms with Gasteiger partial charge in [0.2, 0.25) is 11.8 Å². The fourth-order valence-electron chi connectivity index (χ4n) is 4.66. The molecule has 5 heteroatoms. The lowest BCUT2D eigenvalue weighted by atomic mass is 9.94. The molecule has 1 atom stereocenters. The molecule has 1 aromatic carbocycles. The summed E-state index contributed by atoms with van der Waals surface area (Å²) in [6.07, 6.45) is 0.742. The maximum atomic E-state index is 13.7. The van der Waals surface area contributed by atoms with Gasteiger partial charge in [-0.3, -0.25) is 14.4 Å². The molecule has 0 aromatic heterocycles. The van der Waals surface area contributed by atoms with Gasteiger partial charge < -0.3 is 4.90 Å². The van der Waals surface area contributed by atoms with Gasteiger partial charge in [-0.25, -0.2) is 4.90 Å². The lowest BCUT2D eigenvalue weighted by Crippen LogP contribution is -2.56. The minimum Gasteiger partial charge on any atom is -0.325 e. The summed E-state index contributed by atoms with van der Waals surface area (Å²) in [6, 6.07) is 8.21. The van der Waals surface area contributed by atoms with Crippen molar-refractivity contribution in [1.29, 1.82) is 0 Å². The second kappa shape index (κ2) is 6.43. The summed E-state index contributed by atoms with van der Waals surface area (Å²) in [6.45, 7) is 14.4. The Morgan fingerprint density at radius 3 is 2.11 bits per heavy atom. The van der Waals surface area contributed by atoms with Crippen molar-refractivity contribution in [2.75, 3.05) is 4.90 Å². The Hall–Kier alpha value is -2.17. The highest BCUT2D eigenvalue weighted by Crippen LogP contribution is 2.69. The summed E-state index contributed by atoms with van der Waals surface area (Å²) in [4.78, 5) is 42.7. The zero-order chi connectivity index (χ0) is 21.1. The Morgan fingerprint density at radius 1 is 1.11 bits per heavy atom. The van der Waals surface area contributed by atoms with Crippen molar-refractivity contribution >= 4 is 23.4 Å². The molecular formula is C23H32N2O3. The van der Waals surface area contributed by atoms with Crippen LogP contribution < -0.4 is 4.90 Å². The lowest BCUT2D eigenvalue weighted by Gasteiger charge is -2.41. The first-order valence-electron chi connectivity index (χ1n) is 10.1. The number of amides is 3. The minimum absolute atomic E-state index is 0.0112. The summed E-state index contributed by atoms with van der Waals surface area (Å²) in [7, 11) is 0.